The second kappa shape index (κ2) is 9.80. The van der Waals surface area contributed by atoms with E-state index in [2.05, 4.69) is 10.3 Å². The van der Waals surface area contributed by atoms with Crippen molar-refractivity contribution in [2.45, 2.75) is 13.5 Å². The van der Waals surface area contributed by atoms with Crippen molar-refractivity contribution in [1.82, 2.24) is 10.3 Å². The molecule has 0 spiro atoms. The second-order valence-electron chi connectivity index (χ2n) is 7.70. The van der Waals surface area contributed by atoms with Gasteiger partial charge in [0.05, 0.1) is 5.30 Å². The lowest BCUT2D eigenvalue weighted by atomic mass is 10.2. The standard InChI is InChI=1S/C24H22Cl2N3O4P/c1-15-9-18(26)11-19(10-15)34(31,33-3)23-20-12-17(25)6-7-21(20)28-22(23)24(30)27-13-16-5-4-8-29(14-16)32-2/h4-12,14H,13H2,1-3H3,(H-,27,28,30,31)/p+1. The Balaban J connectivity index is 1.83. The van der Waals surface area contributed by atoms with Crippen molar-refractivity contribution in [3.63, 3.8) is 0 Å². The van der Waals surface area contributed by atoms with Crippen LogP contribution in [-0.4, -0.2) is 25.1 Å². The molecule has 2 heterocycles. The average Bonchev–Trinajstić information content (AvgIpc) is 3.20. The maximum Gasteiger partial charge on any atom is 0.268 e. The molecule has 4 rings (SSSR count). The molecule has 0 aliphatic heterocycles. The van der Waals surface area contributed by atoms with E-state index in [4.69, 9.17) is 32.6 Å². The first-order chi connectivity index (χ1) is 16.2. The van der Waals surface area contributed by atoms with E-state index in [0.717, 1.165) is 11.1 Å². The predicted octanol–water partition coefficient (Wildman–Crippen LogP) is 3.93. The number of benzene rings is 2. The van der Waals surface area contributed by atoms with E-state index in [1.165, 1.54) is 11.8 Å². The first-order valence-electron chi connectivity index (χ1n) is 10.3. The van der Waals surface area contributed by atoms with Crippen molar-refractivity contribution >= 4 is 58.0 Å². The van der Waals surface area contributed by atoms with Crippen LogP contribution in [0.15, 0.2) is 60.9 Å². The van der Waals surface area contributed by atoms with Gasteiger partial charge in [-0.15, -0.1) is 0 Å². The smallest absolute Gasteiger partial charge is 0.268 e. The van der Waals surface area contributed by atoms with Crippen molar-refractivity contribution in [3.05, 3.63) is 87.8 Å². The molecule has 2 aromatic heterocycles. The highest BCUT2D eigenvalue weighted by atomic mass is 35.5. The van der Waals surface area contributed by atoms with Gasteiger partial charge in [-0.1, -0.05) is 23.2 Å². The Labute approximate surface area is 207 Å². The molecular formula is C24H23Cl2N3O4P+. The lowest BCUT2D eigenvalue weighted by Gasteiger charge is -2.19. The molecule has 7 nitrogen and oxygen atoms in total. The first kappa shape index (κ1) is 24.3. The number of aryl methyl sites for hydroxylation is 1. The summed E-state index contributed by atoms with van der Waals surface area (Å²) >= 11 is 12.5. The lowest BCUT2D eigenvalue weighted by Crippen LogP contribution is -2.40. The van der Waals surface area contributed by atoms with Gasteiger partial charge >= 0.3 is 0 Å². The Hall–Kier alpha value is -2.83. The van der Waals surface area contributed by atoms with E-state index in [1.54, 1.807) is 55.9 Å². The molecule has 34 heavy (non-hydrogen) atoms. The van der Waals surface area contributed by atoms with Gasteiger partial charge in [0.2, 0.25) is 12.4 Å². The topological polar surface area (TPSA) is 84.3 Å². The molecule has 0 saturated heterocycles. The van der Waals surface area contributed by atoms with Crippen LogP contribution in [-0.2, 0) is 15.6 Å². The SMILES string of the molecule is CO[n+]1cccc(CNC(=O)c2[nH]c3ccc(Cl)cc3c2P(=O)(OC)c2cc(C)cc(Cl)c2)c1. The van der Waals surface area contributed by atoms with Gasteiger partial charge in [-0.3, -0.25) is 14.2 Å². The zero-order valence-electron chi connectivity index (χ0n) is 18.8. The number of fused-ring (bicyclic) bond motifs is 1. The minimum atomic E-state index is -3.74. The molecule has 2 N–H and O–H groups in total. The number of carbonyl (C=O) groups excluding carboxylic acids is 1. The number of H-pyrrole nitrogens is 1. The van der Waals surface area contributed by atoms with Gasteiger partial charge in [-0.05, 0) is 55.0 Å². The van der Waals surface area contributed by atoms with E-state index >= 15 is 0 Å². The summed E-state index contributed by atoms with van der Waals surface area (Å²) in [6.45, 7) is 2.08. The quantitative estimate of drug-likeness (QED) is 0.286. The second-order valence-corrected chi connectivity index (χ2v) is 11.0. The van der Waals surface area contributed by atoms with E-state index in [0.29, 0.717) is 26.3 Å². The van der Waals surface area contributed by atoms with Gasteiger partial charge in [-0.25, -0.2) is 0 Å². The number of aromatic nitrogens is 2. The van der Waals surface area contributed by atoms with E-state index < -0.39 is 13.3 Å². The number of carbonyl (C=O) groups is 1. The highest BCUT2D eigenvalue weighted by molar-refractivity contribution is 7.75. The molecule has 1 amide bonds. The number of amides is 1. The van der Waals surface area contributed by atoms with Crippen LogP contribution in [0.4, 0.5) is 0 Å². The van der Waals surface area contributed by atoms with Crippen LogP contribution in [0.2, 0.25) is 10.0 Å². The molecule has 0 bridgehead atoms. The Morgan fingerprint density at radius 3 is 2.62 bits per heavy atom. The van der Waals surface area contributed by atoms with E-state index in [1.807, 2.05) is 19.1 Å². The molecule has 0 aliphatic carbocycles. The fourth-order valence-corrected chi connectivity index (χ4v) is 6.65. The fraction of sp³-hybridized carbons (Fsp3) is 0.167. The minimum Gasteiger partial charge on any atom is -0.350 e. The molecule has 176 valence electrons. The molecule has 1 unspecified atom stereocenters. The number of rotatable bonds is 7. The Bertz CT molecular complexity index is 1420. The van der Waals surface area contributed by atoms with Gasteiger partial charge in [0.25, 0.3) is 13.3 Å². The molecule has 4 aromatic rings. The summed E-state index contributed by atoms with van der Waals surface area (Å²) < 4.78 is 21.6. The lowest BCUT2D eigenvalue weighted by molar-refractivity contribution is -0.885. The summed E-state index contributed by atoms with van der Waals surface area (Å²) in [5.41, 5.74) is 2.38. The number of pyridine rings is 1. The molecule has 0 radical (unpaired) electrons. The van der Waals surface area contributed by atoms with Gasteiger partial charge in [0.15, 0.2) is 0 Å². The van der Waals surface area contributed by atoms with Gasteiger partial charge in [-0.2, -0.15) is 0 Å². The van der Waals surface area contributed by atoms with E-state index in [9.17, 15) is 9.36 Å². The zero-order valence-corrected chi connectivity index (χ0v) is 21.2. The average molecular weight is 519 g/mol. The molecule has 2 aromatic carbocycles. The Morgan fingerprint density at radius 1 is 1.12 bits per heavy atom. The van der Waals surface area contributed by atoms with Crippen LogP contribution in [0.3, 0.4) is 0 Å². The van der Waals surface area contributed by atoms with Crippen molar-refractivity contribution in [1.29, 1.82) is 0 Å². The summed E-state index contributed by atoms with van der Waals surface area (Å²) in [4.78, 5) is 21.6. The van der Waals surface area contributed by atoms with Crippen molar-refractivity contribution in [2.24, 2.45) is 0 Å². The number of aromatic amines is 1. The molecule has 10 heteroatoms. The normalized spacial score (nSPS) is 13.0. The first-order valence-corrected chi connectivity index (χ1v) is 12.7. The highest BCUT2D eigenvalue weighted by Crippen LogP contribution is 2.47. The van der Waals surface area contributed by atoms with Crippen molar-refractivity contribution in [2.75, 3.05) is 14.2 Å². The maximum atomic E-state index is 14.4. The van der Waals surface area contributed by atoms with E-state index in [-0.39, 0.29) is 17.5 Å². The van der Waals surface area contributed by atoms with Crippen LogP contribution in [0.25, 0.3) is 10.9 Å². The minimum absolute atomic E-state index is 0.135. The third kappa shape index (κ3) is 4.70. The largest absolute Gasteiger partial charge is 0.350 e. The summed E-state index contributed by atoms with van der Waals surface area (Å²) in [5, 5.41) is 4.91. The van der Waals surface area contributed by atoms with Crippen LogP contribution >= 0.6 is 30.6 Å². The summed E-state index contributed by atoms with van der Waals surface area (Å²) in [6, 6.07) is 13.9. The number of halogens is 2. The molecule has 1 atom stereocenters. The number of nitrogens with one attached hydrogen (secondary N) is 2. The predicted molar refractivity (Wildman–Crippen MR) is 134 cm³/mol. The summed E-state index contributed by atoms with van der Waals surface area (Å²) in [7, 11) is -0.833. The van der Waals surface area contributed by atoms with Crippen LogP contribution in [0.1, 0.15) is 21.6 Å². The van der Waals surface area contributed by atoms with Gasteiger partial charge in [0, 0.05) is 56.3 Å². The van der Waals surface area contributed by atoms with Crippen LogP contribution in [0.5, 0.6) is 0 Å². The zero-order chi connectivity index (χ0) is 24.5. The summed E-state index contributed by atoms with van der Waals surface area (Å²) in [6.07, 6.45) is 3.49. The number of hydrogen-bond donors (Lipinski definition) is 2. The van der Waals surface area contributed by atoms with Gasteiger partial charge in [0.1, 0.15) is 12.8 Å². The number of nitrogens with zero attached hydrogens (tertiary/aromatic N) is 1. The highest BCUT2D eigenvalue weighted by Gasteiger charge is 2.36. The molecular weight excluding hydrogens is 496 g/mol. The van der Waals surface area contributed by atoms with Crippen LogP contribution in [0, 0.1) is 6.92 Å². The molecule has 0 aliphatic rings. The van der Waals surface area contributed by atoms with Crippen molar-refractivity contribution in [3.8, 4) is 0 Å². The Kier molecular flexibility index (Phi) is 7.01. The summed E-state index contributed by atoms with van der Waals surface area (Å²) in [5.74, 6) is -0.439. The maximum absolute atomic E-state index is 14.4. The van der Waals surface area contributed by atoms with Gasteiger partial charge < -0.3 is 14.8 Å². The Morgan fingerprint density at radius 2 is 1.91 bits per heavy atom. The molecule has 0 saturated carbocycles. The van der Waals surface area contributed by atoms with Crippen molar-refractivity contribution < 1.29 is 23.5 Å². The van der Waals surface area contributed by atoms with Crippen LogP contribution < -0.4 is 25.5 Å². The molecule has 0 fully saturated rings. The third-order valence-corrected chi connectivity index (χ3v) is 8.34. The number of hydrogen-bond acceptors (Lipinski definition) is 4. The monoisotopic (exact) mass is 518 g/mol. The fourth-order valence-electron chi connectivity index (χ4n) is 3.82. The third-order valence-electron chi connectivity index (χ3n) is 5.38.